The average molecular weight is 630 g/mol. The second-order valence-corrected chi connectivity index (χ2v) is 13.6. The number of ether oxygens (including phenoxy) is 1. The van der Waals surface area contributed by atoms with E-state index in [0.717, 1.165) is 27.6 Å². The molecule has 0 bridgehead atoms. The molecule has 2 aliphatic rings. The maximum absolute atomic E-state index is 12.1. The Balaban J connectivity index is 1.27. The van der Waals surface area contributed by atoms with E-state index < -0.39 is 54.6 Å². The number of phosphoric acid groups is 3. The highest BCUT2D eigenvalue weighted by molar-refractivity contribution is 7.66. The van der Waals surface area contributed by atoms with Crippen LogP contribution in [-0.2, 0) is 31.6 Å². The van der Waals surface area contributed by atoms with Crippen LogP contribution in [0.25, 0.3) is 32.9 Å². The predicted octanol–water partition coefficient (Wildman–Crippen LogP) is 2.27. The first-order valence-electron chi connectivity index (χ1n) is 11.7. The number of aliphatic hydroxyl groups excluding tert-OH is 2. The molecule has 0 radical (unpaired) electrons. The molecule has 7 N–H and O–H groups in total. The van der Waals surface area contributed by atoms with Crippen molar-refractivity contribution in [3.63, 3.8) is 0 Å². The van der Waals surface area contributed by atoms with E-state index in [0.29, 0.717) is 16.9 Å². The van der Waals surface area contributed by atoms with Crippen LogP contribution in [0.5, 0.6) is 0 Å². The smallest absolute Gasteiger partial charge is 0.387 e. The van der Waals surface area contributed by atoms with Gasteiger partial charge in [0.1, 0.15) is 36.1 Å². The second kappa shape index (κ2) is 10.0. The first-order chi connectivity index (χ1) is 19.2. The van der Waals surface area contributed by atoms with Gasteiger partial charge in [-0.15, -0.1) is 0 Å². The van der Waals surface area contributed by atoms with Crippen molar-refractivity contribution in [1.82, 2.24) is 14.5 Å². The first kappa shape index (κ1) is 28.5. The molecule has 0 amide bonds. The fraction of sp³-hybridized carbons (Fsp3) is 0.238. The monoisotopic (exact) mass is 630 g/mol. The zero-order valence-electron chi connectivity index (χ0n) is 20.4. The van der Waals surface area contributed by atoms with Crippen LogP contribution in [0, 0.1) is 0 Å². The molecule has 1 fully saturated rings. The zero-order chi connectivity index (χ0) is 29.3. The molecule has 2 aliphatic heterocycles. The average Bonchev–Trinajstić information content (AvgIpc) is 3.38. The van der Waals surface area contributed by atoms with Crippen LogP contribution in [0.2, 0.25) is 0 Å². The summed E-state index contributed by atoms with van der Waals surface area (Å²) in [7, 11) is -16.8. The Kier molecular flexibility index (Phi) is 6.96. The van der Waals surface area contributed by atoms with E-state index >= 15 is 0 Å². The van der Waals surface area contributed by atoms with Gasteiger partial charge < -0.3 is 44.4 Å². The van der Waals surface area contributed by atoms with Gasteiger partial charge in [0.2, 0.25) is 0 Å². The summed E-state index contributed by atoms with van der Waals surface area (Å²) < 4.78 is 53.6. The van der Waals surface area contributed by atoms with Crippen LogP contribution < -0.4 is 5.32 Å². The van der Waals surface area contributed by atoms with Crippen LogP contribution >= 0.6 is 23.5 Å². The molecule has 4 heterocycles. The minimum atomic E-state index is -5.73. The third-order valence-electron chi connectivity index (χ3n) is 6.47. The van der Waals surface area contributed by atoms with Crippen molar-refractivity contribution in [3.8, 4) is 11.1 Å². The van der Waals surface area contributed by atoms with Crippen molar-refractivity contribution in [2.24, 2.45) is 0 Å². The lowest BCUT2D eigenvalue weighted by atomic mass is 9.97. The van der Waals surface area contributed by atoms with Gasteiger partial charge in [0, 0.05) is 23.0 Å². The molecule has 0 spiro atoms. The highest BCUT2D eigenvalue weighted by Gasteiger charge is 2.47. The summed E-state index contributed by atoms with van der Waals surface area (Å²) in [5, 5.41) is 27.3. The molecule has 17 nitrogen and oxygen atoms in total. The fourth-order valence-electron chi connectivity index (χ4n) is 4.84. The Morgan fingerprint density at radius 1 is 0.927 bits per heavy atom. The van der Waals surface area contributed by atoms with Crippen molar-refractivity contribution >= 4 is 56.8 Å². The van der Waals surface area contributed by atoms with Crippen molar-refractivity contribution in [3.05, 3.63) is 48.9 Å². The minimum Gasteiger partial charge on any atom is -0.387 e. The SMILES string of the molecule is O=P(O)(O)OP(=O)(O)OP(=O)(O)OC[C@H]1O[C@@H](n2cc3c4c(ncnc42)Nc2cc4ccccc4cc2-3)[C@H](O)[C@@H]1O. The molecule has 2 unspecified atom stereocenters. The lowest BCUT2D eigenvalue weighted by Gasteiger charge is -2.19. The number of hydrogen-bond donors (Lipinski definition) is 7. The molecule has 218 valence electrons. The number of anilines is 2. The summed E-state index contributed by atoms with van der Waals surface area (Å²) in [6, 6.07) is 11.7. The van der Waals surface area contributed by atoms with Gasteiger partial charge in [0.05, 0.1) is 12.0 Å². The van der Waals surface area contributed by atoms with Gasteiger partial charge in [-0.25, -0.2) is 23.7 Å². The van der Waals surface area contributed by atoms with Gasteiger partial charge in [-0.1, -0.05) is 24.3 Å². The van der Waals surface area contributed by atoms with E-state index in [1.807, 2.05) is 36.4 Å². The predicted molar refractivity (Wildman–Crippen MR) is 139 cm³/mol. The van der Waals surface area contributed by atoms with E-state index in [9.17, 15) is 33.7 Å². The van der Waals surface area contributed by atoms with Gasteiger partial charge in [-0.05, 0) is 22.9 Å². The zero-order valence-corrected chi connectivity index (χ0v) is 23.0. The molecule has 2 aromatic carbocycles. The number of rotatable bonds is 8. The van der Waals surface area contributed by atoms with Crippen molar-refractivity contribution in [1.29, 1.82) is 0 Å². The van der Waals surface area contributed by atoms with E-state index in [1.165, 1.54) is 10.9 Å². The Morgan fingerprint density at radius 3 is 2.34 bits per heavy atom. The van der Waals surface area contributed by atoms with Crippen LogP contribution in [-0.4, -0.2) is 69.2 Å². The Morgan fingerprint density at radius 2 is 1.63 bits per heavy atom. The maximum atomic E-state index is 12.1. The fourth-order valence-corrected chi connectivity index (χ4v) is 7.87. The van der Waals surface area contributed by atoms with Gasteiger partial charge in [-0.3, -0.25) is 4.52 Å². The number of nitrogens with zero attached hydrogens (tertiary/aromatic N) is 3. The van der Waals surface area contributed by atoms with E-state index in [4.69, 9.17) is 14.5 Å². The summed E-state index contributed by atoms with van der Waals surface area (Å²) >= 11 is 0. The van der Waals surface area contributed by atoms with Crippen LogP contribution in [0.1, 0.15) is 6.23 Å². The number of benzene rings is 2. The standard InChI is InChI=1S/C21H21N4O13P3/c26-17-15(8-35-40(31,32)38-41(33,34)37-39(28,29)30)36-21(18(17)27)25-7-13-12-5-10-3-1-2-4-11(10)6-14(12)24-19-16(13)20(25)23-9-22-19/h1-7,9,15,17-18,21,26-27H,8H2,(H,31,32)(H,33,34)(H,22,23,24)(H2,28,29,30)/t15-,17-,18-,21-/m1/s1. The van der Waals surface area contributed by atoms with E-state index in [2.05, 4.69) is 28.4 Å². The molecule has 6 rings (SSSR count). The van der Waals surface area contributed by atoms with Gasteiger partial charge in [0.25, 0.3) is 0 Å². The summed E-state index contributed by atoms with van der Waals surface area (Å²) in [5.74, 6) is 0.503. The normalized spacial score (nSPS) is 25.0. The number of fused-ring (bicyclic) bond motifs is 3. The Bertz CT molecular complexity index is 1830. The number of aliphatic hydroxyl groups is 2. The van der Waals surface area contributed by atoms with Crippen molar-refractivity contribution in [2.45, 2.75) is 24.5 Å². The van der Waals surface area contributed by atoms with Crippen LogP contribution in [0.4, 0.5) is 11.5 Å². The molecule has 1 saturated heterocycles. The van der Waals surface area contributed by atoms with Gasteiger partial charge in [-0.2, -0.15) is 8.62 Å². The second-order valence-electron chi connectivity index (χ2n) is 9.17. The largest absolute Gasteiger partial charge is 0.490 e. The minimum absolute atomic E-state index is 0.348. The summed E-state index contributed by atoms with van der Waals surface area (Å²) in [6.07, 6.45) is -3.00. The first-order valence-corrected chi connectivity index (χ1v) is 16.2. The molecule has 2 aromatic heterocycles. The molecule has 4 aromatic rings. The summed E-state index contributed by atoms with van der Waals surface area (Å²) in [6.45, 7) is -0.943. The molecule has 6 atom stereocenters. The Labute approximate surface area is 229 Å². The molecular formula is C21H21N4O13P3. The van der Waals surface area contributed by atoms with Crippen LogP contribution in [0.15, 0.2) is 48.9 Å². The molecule has 20 heteroatoms. The lowest BCUT2D eigenvalue weighted by molar-refractivity contribution is -0.0500. The van der Waals surface area contributed by atoms with E-state index in [-0.39, 0.29) is 0 Å². The number of phosphoric ester groups is 1. The summed E-state index contributed by atoms with van der Waals surface area (Å²) in [4.78, 5) is 45.0. The number of hydrogen-bond acceptors (Lipinski definition) is 12. The third kappa shape index (κ3) is 5.49. The number of nitrogens with one attached hydrogen (secondary N) is 1. The quantitative estimate of drug-likeness (QED) is 0.121. The van der Waals surface area contributed by atoms with E-state index in [1.54, 1.807) is 6.20 Å². The molecular weight excluding hydrogens is 609 g/mol. The topological polar surface area (TPSA) is 252 Å². The molecule has 0 saturated carbocycles. The van der Waals surface area contributed by atoms with Crippen molar-refractivity contribution in [2.75, 3.05) is 11.9 Å². The maximum Gasteiger partial charge on any atom is 0.490 e. The highest BCUT2D eigenvalue weighted by atomic mass is 31.3. The molecule has 41 heavy (non-hydrogen) atoms. The van der Waals surface area contributed by atoms with Gasteiger partial charge >= 0.3 is 23.5 Å². The van der Waals surface area contributed by atoms with Crippen LogP contribution in [0.3, 0.4) is 0 Å². The van der Waals surface area contributed by atoms with Gasteiger partial charge in [0.15, 0.2) is 6.23 Å². The summed E-state index contributed by atoms with van der Waals surface area (Å²) in [5.41, 5.74) is 2.68. The van der Waals surface area contributed by atoms with Crippen molar-refractivity contribution < 1.29 is 61.4 Å². The third-order valence-corrected chi connectivity index (χ3v) is 10.3. The number of aromatic nitrogens is 3. The Hall–Kier alpha value is -2.59. The highest BCUT2D eigenvalue weighted by Crippen LogP contribution is 2.66. The lowest BCUT2D eigenvalue weighted by Crippen LogP contribution is -2.33. The molecule has 0 aliphatic carbocycles.